The Morgan fingerprint density at radius 1 is 1.19 bits per heavy atom. The highest BCUT2D eigenvalue weighted by molar-refractivity contribution is 6.31. The van der Waals surface area contributed by atoms with Crippen molar-refractivity contribution in [3.05, 3.63) is 84.6 Å². The predicted molar refractivity (Wildman–Crippen MR) is 121 cm³/mol. The maximum absolute atomic E-state index is 12.9. The number of ether oxygens (including phenoxy) is 1. The molecule has 0 fully saturated rings. The van der Waals surface area contributed by atoms with E-state index in [2.05, 4.69) is 9.97 Å². The fourth-order valence-corrected chi connectivity index (χ4v) is 4.64. The Morgan fingerprint density at radius 2 is 2.00 bits per heavy atom. The Balaban J connectivity index is 1.72. The summed E-state index contributed by atoms with van der Waals surface area (Å²) >= 11 is 6.23. The third-order valence-corrected chi connectivity index (χ3v) is 6.51. The first-order chi connectivity index (χ1) is 15.4. The van der Waals surface area contributed by atoms with Crippen LogP contribution in [-0.2, 0) is 6.42 Å². The summed E-state index contributed by atoms with van der Waals surface area (Å²) in [5.41, 5.74) is 2.80. The number of aromatic nitrogens is 3. The van der Waals surface area contributed by atoms with Gasteiger partial charge >= 0.3 is 5.69 Å². The van der Waals surface area contributed by atoms with Crippen molar-refractivity contribution < 1.29 is 15.2 Å². The van der Waals surface area contributed by atoms with E-state index in [4.69, 9.17) is 16.3 Å². The van der Waals surface area contributed by atoms with Crippen LogP contribution in [0.15, 0.2) is 46.0 Å². The highest BCUT2D eigenvalue weighted by Gasteiger charge is 2.34. The number of benzene rings is 2. The maximum atomic E-state index is 12.9. The second-order valence-corrected chi connectivity index (χ2v) is 8.35. The molecule has 2 aromatic heterocycles. The van der Waals surface area contributed by atoms with E-state index in [0.717, 1.165) is 51.0 Å². The summed E-state index contributed by atoms with van der Waals surface area (Å²) in [7, 11) is 1.62. The number of H-pyrrole nitrogens is 2. The average molecular weight is 454 g/mol. The SMILES string of the molecule is COc1ccc2[nH]c3c(c2c1)CC[NH2+][C@H]3c1c(O)n(-c2ccc(C)c(Cl)c2)c(=O)[nH]c1=O. The van der Waals surface area contributed by atoms with Crippen molar-refractivity contribution in [1.29, 1.82) is 0 Å². The van der Waals surface area contributed by atoms with E-state index in [1.165, 1.54) is 0 Å². The number of hydrogen-bond acceptors (Lipinski definition) is 4. The van der Waals surface area contributed by atoms with Crippen LogP contribution in [0, 0.1) is 6.92 Å². The van der Waals surface area contributed by atoms with Gasteiger partial charge in [0, 0.05) is 22.3 Å². The summed E-state index contributed by atoms with van der Waals surface area (Å²) in [6, 6.07) is 10.3. The van der Waals surface area contributed by atoms with Crippen molar-refractivity contribution >= 4 is 22.5 Å². The number of nitrogens with zero attached hydrogens (tertiary/aromatic N) is 1. The van der Waals surface area contributed by atoms with Gasteiger partial charge < -0.3 is 20.1 Å². The van der Waals surface area contributed by atoms with Gasteiger partial charge in [-0.1, -0.05) is 17.7 Å². The van der Waals surface area contributed by atoms with Crippen LogP contribution in [-0.4, -0.2) is 33.3 Å². The Kier molecular flexibility index (Phi) is 4.83. The lowest BCUT2D eigenvalue weighted by molar-refractivity contribution is -0.690. The van der Waals surface area contributed by atoms with Crippen molar-refractivity contribution in [2.75, 3.05) is 13.7 Å². The van der Waals surface area contributed by atoms with E-state index in [0.29, 0.717) is 10.7 Å². The number of aromatic hydroxyl groups is 1. The molecule has 1 aliphatic rings. The van der Waals surface area contributed by atoms with Crippen LogP contribution in [0.1, 0.15) is 28.4 Å². The first-order valence-corrected chi connectivity index (χ1v) is 10.6. The quantitative estimate of drug-likeness (QED) is 0.379. The molecule has 5 rings (SSSR count). The van der Waals surface area contributed by atoms with Crippen LogP contribution < -0.4 is 21.3 Å². The summed E-state index contributed by atoms with van der Waals surface area (Å²) in [6.45, 7) is 2.56. The summed E-state index contributed by atoms with van der Waals surface area (Å²) in [4.78, 5) is 31.3. The number of nitrogens with two attached hydrogens (primary N) is 1. The maximum Gasteiger partial charge on any atom is 0.335 e. The number of quaternary nitrogens is 1. The fraction of sp³-hybridized carbons (Fsp3) is 0.217. The molecule has 164 valence electrons. The highest BCUT2D eigenvalue weighted by Crippen LogP contribution is 2.34. The minimum atomic E-state index is -0.728. The Bertz CT molecular complexity index is 1480. The number of methoxy groups -OCH3 is 1. The molecule has 1 aliphatic heterocycles. The standard InChI is InChI=1S/C23H21ClN4O4/c1-11-3-4-12(9-16(11)24)28-22(30)18(21(29)27-23(28)31)20-19-14(7-8-25-20)15-10-13(32-2)5-6-17(15)26-19/h3-6,9-10,20,25-26,30H,7-8H2,1-2H3,(H,27,29,31)/p+1/t20-/m0/s1. The van der Waals surface area contributed by atoms with Gasteiger partial charge in [0.05, 0.1) is 25.0 Å². The number of rotatable bonds is 3. The topological polar surface area (TPSA) is 117 Å². The molecule has 8 nitrogen and oxygen atoms in total. The van der Waals surface area contributed by atoms with Crippen molar-refractivity contribution in [2.45, 2.75) is 19.4 Å². The lowest BCUT2D eigenvalue weighted by Crippen LogP contribution is -2.87. The van der Waals surface area contributed by atoms with Crippen LogP contribution in [0.2, 0.25) is 5.02 Å². The summed E-state index contributed by atoms with van der Waals surface area (Å²) in [5, 5.41) is 14.6. The molecule has 9 heteroatoms. The summed E-state index contributed by atoms with van der Waals surface area (Å²) < 4.78 is 6.44. The van der Waals surface area contributed by atoms with E-state index in [1.54, 1.807) is 25.3 Å². The smallest absolute Gasteiger partial charge is 0.335 e. The number of nitrogens with one attached hydrogen (secondary N) is 2. The third-order valence-electron chi connectivity index (χ3n) is 6.10. The van der Waals surface area contributed by atoms with Gasteiger partial charge in [-0.25, -0.2) is 9.36 Å². The Morgan fingerprint density at radius 3 is 2.75 bits per heavy atom. The number of halogens is 1. The van der Waals surface area contributed by atoms with Gasteiger partial charge in [0.25, 0.3) is 5.56 Å². The molecule has 0 spiro atoms. The molecule has 3 heterocycles. The Hall–Kier alpha value is -3.49. The van der Waals surface area contributed by atoms with Crippen LogP contribution in [0.5, 0.6) is 11.6 Å². The lowest BCUT2D eigenvalue weighted by atomic mass is 9.95. The van der Waals surface area contributed by atoms with Gasteiger partial charge in [-0.2, -0.15) is 0 Å². The fourth-order valence-electron chi connectivity index (χ4n) is 4.46. The summed E-state index contributed by atoms with van der Waals surface area (Å²) in [5.74, 6) is 0.347. The zero-order valence-corrected chi connectivity index (χ0v) is 18.3. The van der Waals surface area contributed by atoms with Crippen LogP contribution in [0.4, 0.5) is 0 Å². The van der Waals surface area contributed by atoms with Crippen molar-refractivity contribution in [3.63, 3.8) is 0 Å². The molecule has 0 aliphatic carbocycles. The summed E-state index contributed by atoms with van der Waals surface area (Å²) in [6.07, 6.45) is 0.797. The molecule has 0 unspecified atom stereocenters. The largest absolute Gasteiger partial charge is 0.497 e. The molecule has 4 aromatic rings. The van der Waals surface area contributed by atoms with Gasteiger partial charge in [-0.05, 0) is 48.4 Å². The molecule has 0 saturated heterocycles. The molecular weight excluding hydrogens is 432 g/mol. The van der Waals surface area contributed by atoms with E-state index < -0.39 is 23.2 Å². The monoisotopic (exact) mass is 453 g/mol. The first-order valence-electron chi connectivity index (χ1n) is 10.3. The van der Waals surface area contributed by atoms with Gasteiger partial charge in [0.2, 0.25) is 5.88 Å². The number of fused-ring (bicyclic) bond motifs is 3. The molecule has 0 radical (unpaired) electrons. The highest BCUT2D eigenvalue weighted by atomic mass is 35.5. The molecule has 0 amide bonds. The minimum absolute atomic E-state index is 0.112. The lowest BCUT2D eigenvalue weighted by Gasteiger charge is -2.22. The van der Waals surface area contributed by atoms with Crippen LogP contribution in [0.3, 0.4) is 0 Å². The Labute approximate surface area is 187 Å². The zero-order valence-electron chi connectivity index (χ0n) is 17.5. The van der Waals surface area contributed by atoms with E-state index in [1.807, 2.05) is 30.4 Å². The van der Waals surface area contributed by atoms with Gasteiger partial charge in [0.15, 0.2) is 6.04 Å². The molecule has 0 bridgehead atoms. The van der Waals surface area contributed by atoms with Crippen LogP contribution >= 0.6 is 11.6 Å². The average Bonchev–Trinajstić information content (AvgIpc) is 3.14. The molecular formula is C23H22ClN4O4+. The molecule has 32 heavy (non-hydrogen) atoms. The minimum Gasteiger partial charge on any atom is -0.497 e. The van der Waals surface area contributed by atoms with Gasteiger partial charge in [-0.15, -0.1) is 0 Å². The molecule has 0 saturated carbocycles. The third kappa shape index (κ3) is 3.11. The second-order valence-electron chi connectivity index (χ2n) is 7.95. The number of hydrogen-bond donors (Lipinski definition) is 4. The van der Waals surface area contributed by atoms with E-state index in [9.17, 15) is 14.7 Å². The van der Waals surface area contributed by atoms with Crippen molar-refractivity contribution in [1.82, 2.24) is 14.5 Å². The normalized spacial score (nSPS) is 15.7. The predicted octanol–water partition coefficient (Wildman–Crippen LogP) is 1.89. The van der Waals surface area contributed by atoms with Crippen molar-refractivity contribution in [2.24, 2.45) is 0 Å². The second kappa shape index (κ2) is 7.58. The zero-order chi connectivity index (χ0) is 22.6. The van der Waals surface area contributed by atoms with E-state index >= 15 is 0 Å². The molecule has 2 aromatic carbocycles. The van der Waals surface area contributed by atoms with Crippen LogP contribution in [0.25, 0.3) is 16.6 Å². The number of aromatic amines is 2. The van der Waals surface area contributed by atoms with Crippen molar-refractivity contribution in [3.8, 4) is 17.3 Å². The number of aryl methyl sites for hydroxylation is 1. The van der Waals surface area contributed by atoms with E-state index in [-0.39, 0.29) is 5.56 Å². The first kappa shape index (κ1) is 20.4. The van der Waals surface area contributed by atoms with Gasteiger partial charge in [-0.3, -0.25) is 9.78 Å². The molecule has 1 atom stereocenters. The van der Waals surface area contributed by atoms with Gasteiger partial charge in [0.1, 0.15) is 11.3 Å². The molecule has 5 N–H and O–H groups in total.